The molecule has 2 atom stereocenters. The maximum absolute atomic E-state index is 10.6. The number of hydrogen-bond acceptors (Lipinski definition) is 4. The third kappa shape index (κ3) is 14.6. The van der Waals surface area contributed by atoms with Gasteiger partial charge in [-0.05, 0) is 0 Å². The molecule has 0 aromatic carbocycles. The van der Waals surface area contributed by atoms with Gasteiger partial charge < -0.3 is 9.11 Å². The van der Waals surface area contributed by atoms with E-state index in [0.29, 0.717) is 0 Å². The Morgan fingerprint density at radius 3 is 0.800 bits per heavy atom. The van der Waals surface area contributed by atoms with Crippen LogP contribution in [0.25, 0.3) is 0 Å². The predicted octanol–water partition coefficient (Wildman–Crippen LogP) is 0.390. The second kappa shape index (κ2) is 7.80. The normalized spacial score (nSPS) is 15.5. The van der Waals surface area contributed by atoms with Crippen LogP contribution in [0, 0.1) is 0 Å². The molecule has 2 unspecified atom stereocenters. The van der Waals surface area contributed by atoms with Crippen LogP contribution in [-0.4, -0.2) is 52.4 Å². The molecule has 0 bridgehead atoms. The largest absolute Gasteiger partial charge is 2.00 e. The van der Waals surface area contributed by atoms with Crippen molar-refractivity contribution in [2.75, 3.05) is 0 Å². The van der Waals surface area contributed by atoms with E-state index >= 15 is 0 Å². The molecule has 90 valence electrons. The van der Waals surface area contributed by atoms with Crippen molar-refractivity contribution >= 4 is 46.1 Å². The zero-order valence-corrected chi connectivity index (χ0v) is 10.7. The van der Waals surface area contributed by atoms with Gasteiger partial charge in [-0.1, -0.05) is 0 Å². The zero-order chi connectivity index (χ0) is 12.2. The van der Waals surface area contributed by atoms with Gasteiger partial charge in [0.05, 0.1) is 22.2 Å². The van der Waals surface area contributed by atoms with Crippen LogP contribution in [0.5, 0.6) is 0 Å². The summed E-state index contributed by atoms with van der Waals surface area (Å²) in [5.41, 5.74) is -10.2. The van der Waals surface area contributed by atoms with Crippen LogP contribution in [0.4, 0.5) is 26.3 Å². The van der Waals surface area contributed by atoms with Crippen molar-refractivity contribution in [3.63, 3.8) is 0 Å². The van der Waals surface area contributed by atoms with E-state index in [0.717, 1.165) is 0 Å². The van der Waals surface area contributed by atoms with Crippen molar-refractivity contribution in [2.45, 2.75) is 11.0 Å². The Bertz CT molecular complexity index is 200. The fraction of sp³-hybridized carbons (Fsp3) is 1.00. The minimum absolute atomic E-state index is 0. The van der Waals surface area contributed by atoms with Crippen molar-refractivity contribution in [3.8, 4) is 0 Å². The summed E-state index contributed by atoms with van der Waals surface area (Å²) in [6.45, 7) is 0. The summed E-state index contributed by atoms with van der Waals surface area (Å²) in [4.78, 5) is 0. The van der Waals surface area contributed by atoms with Crippen molar-refractivity contribution in [2.24, 2.45) is 0 Å². The minimum atomic E-state index is -5.08. The van der Waals surface area contributed by atoms with Crippen LogP contribution in [-0.2, 0) is 22.2 Å². The Hall–Kier alpha value is 0.599. The molecule has 0 aromatic rings. The molecule has 0 heterocycles. The summed E-state index contributed by atoms with van der Waals surface area (Å²) in [6, 6.07) is 0. The molecule has 15 heavy (non-hydrogen) atoms. The van der Waals surface area contributed by atoms with Gasteiger partial charge in [0.25, 0.3) is 0 Å². The Balaban J connectivity index is -0.000000180. The van der Waals surface area contributed by atoms with Crippen LogP contribution in [0.3, 0.4) is 0 Å². The topological polar surface area (TPSA) is 80.3 Å². The SMILES string of the molecule is O=S([O-])C(F)(F)F.O=S([O-])C(F)(F)F.[Sn+2]. The first-order valence-electron chi connectivity index (χ1n) is 2.21. The van der Waals surface area contributed by atoms with Crippen LogP contribution in [0.1, 0.15) is 0 Å². The predicted molar refractivity (Wildman–Crippen MR) is 35.7 cm³/mol. The van der Waals surface area contributed by atoms with E-state index < -0.39 is 33.2 Å². The number of alkyl halides is 6. The molecule has 2 radical (unpaired) electrons. The van der Waals surface area contributed by atoms with Crippen LogP contribution in [0.2, 0.25) is 0 Å². The smallest absolute Gasteiger partial charge is 0.766 e. The van der Waals surface area contributed by atoms with Crippen LogP contribution >= 0.6 is 0 Å². The van der Waals surface area contributed by atoms with Gasteiger partial charge in [-0.25, -0.2) is 0 Å². The first-order valence-corrected chi connectivity index (χ1v) is 4.36. The molecule has 0 aliphatic rings. The molecule has 0 aromatic heterocycles. The van der Waals surface area contributed by atoms with Crippen molar-refractivity contribution in [1.82, 2.24) is 0 Å². The van der Waals surface area contributed by atoms with Gasteiger partial charge in [-0.3, -0.25) is 8.42 Å². The number of rotatable bonds is 0. The fourth-order valence-corrected chi connectivity index (χ4v) is 0. The summed E-state index contributed by atoms with van der Waals surface area (Å²) < 4.78 is 99.0. The third-order valence-electron chi connectivity index (χ3n) is 0.378. The molecule has 0 aliphatic heterocycles. The molecule has 0 N–H and O–H groups in total. The first-order chi connectivity index (χ1) is 5.89. The molecule has 0 fully saturated rings. The summed E-state index contributed by atoms with van der Waals surface area (Å²) in [7, 11) is 0. The molecule has 0 saturated heterocycles. The van der Waals surface area contributed by atoms with Gasteiger partial charge >= 0.3 is 34.9 Å². The number of halogens is 6. The summed E-state index contributed by atoms with van der Waals surface area (Å²) in [5.74, 6) is 0. The molecule has 0 aliphatic carbocycles. The molecule has 0 saturated carbocycles. The maximum Gasteiger partial charge on any atom is 2.00 e. The Kier molecular flexibility index (Phi) is 10.9. The van der Waals surface area contributed by atoms with E-state index in [-0.39, 0.29) is 23.9 Å². The minimum Gasteiger partial charge on any atom is -0.766 e. The van der Waals surface area contributed by atoms with E-state index in [2.05, 4.69) is 0 Å². The Labute approximate surface area is 101 Å². The average Bonchev–Trinajstić information content (AvgIpc) is 1.83. The van der Waals surface area contributed by atoms with E-state index in [9.17, 15) is 26.3 Å². The van der Waals surface area contributed by atoms with E-state index in [4.69, 9.17) is 17.5 Å². The maximum atomic E-state index is 10.6. The molecule has 0 spiro atoms. The second-order valence-corrected chi connectivity index (χ2v) is 3.23. The van der Waals surface area contributed by atoms with E-state index in [1.807, 2.05) is 0 Å². The average molecular weight is 385 g/mol. The van der Waals surface area contributed by atoms with Crippen molar-refractivity contribution in [3.05, 3.63) is 0 Å². The molecule has 13 heteroatoms. The monoisotopic (exact) mass is 386 g/mol. The molecule has 4 nitrogen and oxygen atoms in total. The fourth-order valence-electron chi connectivity index (χ4n) is 0. The van der Waals surface area contributed by atoms with E-state index in [1.54, 1.807) is 0 Å². The van der Waals surface area contributed by atoms with Crippen molar-refractivity contribution < 1.29 is 43.9 Å². The van der Waals surface area contributed by atoms with E-state index in [1.165, 1.54) is 0 Å². The molecular formula is C2F6O4S2Sn. The van der Waals surface area contributed by atoms with Gasteiger partial charge in [0.2, 0.25) is 0 Å². The quantitative estimate of drug-likeness (QED) is 0.344. The van der Waals surface area contributed by atoms with Crippen LogP contribution < -0.4 is 0 Å². The molecular weight excluding hydrogens is 385 g/mol. The van der Waals surface area contributed by atoms with Gasteiger partial charge in [0, 0.05) is 0 Å². The number of hydrogen-bond donors (Lipinski definition) is 0. The van der Waals surface area contributed by atoms with Gasteiger partial charge in [0.1, 0.15) is 0 Å². The van der Waals surface area contributed by atoms with Crippen LogP contribution in [0.15, 0.2) is 0 Å². The summed E-state index contributed by atoms with van der Waals surface area (Å²) in [6.07, 6.45) is 0. The summed E-state index contributed by atoms with van der Waals surface area (Å²) in [5, 5.41) is 0. The third-order valence-corrected chi connectivity index (χ3v) is 1.13. The first kappa shape index (κ1) is 20.9. The van der Waals surface area contributed by atoms with Crippen molar-refractivity contribution in [1.29, 1.82) is 0 Å². The van der Waals surface area contributed by atoms with Gasteiger partial charge in [0.15, 0.2) is 0 Å². The van der Waals surface area contributed by atoms with Gasteiger partial charge in [-0.15, -0.1) is 0 Å². The Morgan fingerprint density at radius 2 is 0.800 bits per heavy atom. The second-order valence-electron chi connectivity index (χ2n) is 1.36. The standard InChI is InChI=1S/2CHF3O2S.Sn/c2*2-1(3,4)7(5)6;/h2*(H,5,6);/q;;+2/p-2. The Morgan fingerprint density at radius 1 is 0.733 bits per heavy atom. The molecule has 0 rings (SSSR count). The zero-order valence-electron chi connectivity index (χ0n) is 6.22. The molecule has 0 amide bonds. The van der Waals surface area contributed by atoms with Gasteiger partial charge in [-0.2, -0.15) is 26.3 Å². The summed E-state index contributed by atoms with van der Waals surface area (Å²) >= 11 is -7.87.